The molecule has 2 aromatic carbocycles. The molecule has 278 valence electrons. The first-order chi connectivity index (χ1) is 24.7. The van der Waals surface area contributed by atoms with E-state index in [1.54, 1.807) is 55.9 Å². The number of nitrogens with zero attached hydrogens (tertiary/aromatic N) is 6. The number of urea groups is 1. The number of carbonyl (C=O) groups excluding carboxylic acids is 3. The number of aliphatic hydroxyl groups is 1. The van der Waals surface area contributed by atoms with E-state index in [9.17, 15) is 27.9 Å². The van der Waals surface area contributed by atoms with Gasteiger partial charge in [0.1, 0.15) is 29.7 Å². The van der Waals surface area contributed by atoms with Crippen molar-refractivity contribution in [2.75, 3.05) is 26.7 Å². The van der Waals surface area contributed by atoms with Crippen molar-refractivity contribution in [2.24, 2.45) is 18.9 Å². The number of aromatic nitrogens is 3. The van der Waals surface area contributed by atoms with Gasteiger partial charge in [-0.1, -0.05) is 58.0 Å². The van der Waals surface area contributed by atoms with Crippen LogP contribution in [-0.4, -0.2) is 105 Å². The van der Waals surface area contributed by atoms with Gasteiger partial charge < -0.3 is 24.6 Å². The minimum Gasteiger partial charge on any atom is -0.497 e. The lowest BCUT2D eigenvalue weighted by Gasteiger charge is -2.34. The monoisotopic (exact) mass is 733 g/mol. The lowest BCUT2D eigenvalue weighted by atomic mass is 9.97. The van der Waals surface area contributed by atoms with Crippen molar-refractivity contribution in [1.29, 1.82) is 0 Å². The maximum atomic E-state index is 14.2. The Morgan fingerprint density at radius 3 is 2.31 bits per heavy atom. The fraction of sp³-hybridized carbons (Fsp3) is 0.432. The lowest BCUT2D eigenvalue weighted by molar-refractivity contribution is -0.129. The number of nitrogens with one attached hydrogen (secondary N) is 1. The molecule has 1 fully saturated rings. The summed E-state index contributed by atoms with van der Waals surface area (Å²) < 4.78 is 35.9. The lowest BCUT2D eigenvalue weighted by Crippen LogP contribution is -2.57. The zero-order chi connectivity index (χ0) is 37.7. The van der Waals surface area contributed by atoms with Gasteiger partial charge in [-0.2, -0.15) is 4.31 Å². The summed E-state index contributed by atoms with van der Waals surface area (Å²) in [6, 6.07) is 16.1. The quantitative estimate of drug-likeness (QED) is 0.165. The Morgan fingerprint density at radius 2 is 1.69 bits per heavy atom. The highest BCUT2D eigenvalue weighted by molar-refractivity contribution is 7.89. The van der Waals surface area contributed by atoms with Crippen molar-refractivity contribution in [3.63, 3.8) is 0 Å². The van der Waals surface area contributed by atoms with Gasteiger partial charge in [-0.25, -0.2) is 23.2 Å². The van der Waals surface area contributed by atoms with Crippen molar-refractivity contribution in [3.8, 4) is 5.75 Å². The summed E-state index contributed by atoms with van der Waals surface area (Å²) in [4.78, 5) is 52.5. The molecule has 15 heteroatoms. The van der Waals surface area contributed by atoms with E-state index in [1.807, 2.05) is 44.2 Å². The van der Waals surface area contributed by atoms with Crippen molar-refractivity contribution in [3.05, 3.63) is 84.3 Å². The molecule has 3 heterocycles. The summed E-state index contributed by atoms with van der Waals surface area (Å²) in [5.41, 5.74) is 2.04. The summed E-state index contributed by atoms with van der Waals surface area (Å²) in [6.45, 7) is 6.70. The number of sulfonamides is 1. The molecule has 1 aliphatic rings. The highest BCUT2D eigenvalue weighted by Crippen LogP contribution is 2.25. The highest BCUT2D eigenvalue weighted by atomic mass is 32.2. The van der Waals surface area contributed by atoms with E-state index in [0.717, 1.165) is 10.5 Å². The third kappa shape index (κ3) is 8.43. The SMILES string of the molecule is COc1ccc(S(=O)(=O)N(CC(C)C)C[C@@H](O)[C@H](Cc2ccccc2)NC(=O)C(C(C)C)N2CC(=O)N(Cc3nc4cccnc4n3C)C2=O)cc1. The number of benzene rings is 2. The van der Waals surface area contributed by atoms with Gasteiger partial charge in [-0.05, 0) is 60.2 Å². The molecule has 4 amide bonds. The number of aryl methyl sites for hydroxylation is 1. The van der Waals surface area contributed by atoms with Crippen LogP contribution in [0.3, 0.4) is 0 Å². The number of imide groups is 1. The predicted molar refractivity (Wildman–Crippen MR) is 194 cm³/mol. The van der Waals surface area contributed by atoms with Gasteiger partial charge in [0.05, 0.1) is 30.7 Å². The number of methoxy groups -OCH3 is 1. The number of fused-ring (bicyclic) bond motifs is 1. The molecular formula is C37H47N7O7S. The summed E-state index contributed by atoms with van der Waals surface area (Å²) in [7, 11) is -0.804. The maximum Gasteiger partial charge on any atom is 0.328 e. The van der Waals surface area contributed by atoms with Crippen LogP contribution in [0.15, 0.2) is 77.8 Å². The van der Waals surface area contributed by atoms with Gasteiger partial charge in [0.25, 0.3) is 5.91 Å². The summed E-state index contributed by atoms with van der Waals surface area (Å²) in [6.07, 6.45) is 0.468. The smallest absolute Gasteiger partial charge is 0.328 e. The molecule has 4 aromatic rings. The number of carbonyl (C=O) groups is 3. The zero-order valence-corrected chi connectivity index (χ0v) is 31.2. The van der Waals surface area contributed by atoms with Gasteiger partial charge in [0.15, 0.2) is 5.65 Å². The third-order valence-corrected chi connectivity index (χ3v) is 10.9. The largest absolute Gasteiger partial charge is 0.497 e. The minimum atomic E-state index is -4.05. The standard InChI is InChI=1S/C37H47N7O7S/c1-24(2)20-42(52(49,50)28-16-14-27(51-6)15-17-28)21-31(45)30(19-26-11-8-7-9-12-26)40-36(47)34(25(3)4)44-23-33(46)43(37(44)48)22-32-39-29-13-10-18-38-35(29)41(32)5/h7-18,24-25,30-31,34,45H,19-23H2,1-6H3,(H,40,47)/t30-,31+,34?/m0/s1. The van der Waals surface area contributed by atoms with Crippen molar-refractivity contribution in [2.45, 2.75) is 63.7 Å². The first-order valence-corrected chi connectivity index (χ1v) is 18.7. The highest BCUT2D eigenvalue weighted by Gasteiger charge is 2.45. The number of hydrogen-bond acceptors (Lipinski definition) is 9. The van der Waals surface area contributed by atoms with E-state index in [4.69, 9.17) is 4.74 Å². The van der Waals surface area contributed by atoms with Crippen LogP contribution in [0.4, 0.5) is 4.79 Å². The average molecular weight is 734 g/mol. The second-order valence-corrected chi connectivity index (χ2v) is 15.7. The van der Waals surface area contributed by atoms with Gasteiger partial charge >= 0.3 is 6.03 Å². The molecule has 0 aliphatic carbocycles. The molecule has 1 saturated heterocycles. The Kier molecular flexibility index (Phi) is 12.0. The molecule has 2 aromatic heterocycles. The van der Waals surface area contributed by atoms with E-state index in [0.29, 0.717) is 22.7 Å². The Balaban J connectivity index is 1.38. The molecule has 1 aliphatic heterocycles. The average Bonchev–Trinajstić information content (AvgIpc) is 3.57. The summed E-state index contributed by atoms with van der Waals surface area (Å²) in [5.74, 6) is -0.572. The van der Waals surface area contributed by atoms with Gasteiger partial charge in [-0.3, -0.25) is 14.5 Å². The molecule has 1 unspecified atom stereocenters. The van der Waals surface area contributed by atoms with E-state index in [-0.39, 0.29) is 43.4 Å². The predicted octanol–water partition coefficient (Wildman–Crippen LogP) is 3.20. The van der Waals surface area contributed by atoms with Gasteiger partial charge in [-0.15, -0.1) is 0 Å². The summed E-state index contributed by atoms with van der Waals surface area (Å²) in [5, 5.41) is 14.7. The molecule has 14 nitrogen and oxygen atoms in total. The third-order valence-electron chi connectivity index (χ3n) is 9.09. The number of hydrogen-bond donors (Lipinski definition) is 2. The second kappa shape index (κ2) is 16.2. The molecule has 3 atom stereocenters. The Labute approximate surface area is 304 Å². The number of rotatable bonds is 16. The van der Waals surface area contributed by atoms with Crippen molar-refractivity contribution < 1.29 is 32.6 Å². The van der Waals surface area contributed by atoms with Crippen LogP contribution < -0.4 is 10.1 Å². The molecule has 0 spiro atoms. The molecule has 0 radical (unpaired) electrons. The molecule has 0 saturated carbocycles. The van der Waals surface area contributed by atoms with E-state index < -0.39 is 52.0 Å². The van der Waals surface area contributed by atoms with Crippen molar-refractivity contribution >= 4 is 39.0 Å². The van der Waals surface area contributed by atoms with Crippen LogP contribution in [-0.2, 0) is 39.6 Å². The Morgan fingerprint density at radius 1 is 1.00 bits per heavy atom. The topological polar surface area (TPSA) is 167 Å². The van der Waals surface area contributed by atoms with Crippen LogP contribution in [0.1, 0.15) is 39.1 Å². The molecule has 0 bridgehead atoms. The fourth-order valence-electron chi connectivity index (χ4n) is 6.42. The Hall–Kier alpha value is -4.86. The zero-order valence-electron chi connectivity index (χ0n) is 30.3. The maximum absolute atomic E-state index is 14.2. The molecule has 5 rings (SSSR count). The fourth-order valence-corrected chi connectivity index (χ4v) is 8.04. The normalized spacial score (nSPS) is 15.6. The molecule has 52 heavy (non-hydrogen) atoms. The van der Waals surface area contributed by atoms with Gasteiger partial charge in [0, 0.05) is 26.3 Å². The second-order valence-electron chi connectivity index (χ2n) is 13.8. The van der Waals surface area contributed by atoms with E-state index in [2.05, 4.69) is 15.3 Å². The van der Waals surface area contributed by atoms with E-state index >= 15 is 0 Å². The molecular weight excluding hydrogens is 687 g/mol. The first-order valence-electron chi connectivity index (χ1n) is 17.2. The van der Waals surface area contributed by atoms with Crippen LogP contribution >= 0.6 is 0 Å². The number of aliphatic hydroxyl groups excluding tert-OH is 1. The number of pyridine rings is 1. The van der Waals surface area contributed by atoms with E-state index in [1.165, 1.54) is 28.4 Å². The Bertz CT molecular complexity index is 1980. The number of ether oxygens (including phenoxy) is 1. The number of imidazole rings is 1. The van der Waals surface area contributed by atoms with Crippen LogP contribution in [0.25, 0.3) is 11.2 Å². The summed E-state index contributed by atoms with van der Waals surface area (Å²) >= 11 is 0. The molecule has 2 N–H and O–H groups in total. The van der Waals surface area contributed by atoms with Crippen LogP contribution in [0.5, 0.6) is 5.75 Å². The van der Waals surface area contributed by atoms with Crippen LogP contribution in [0, 0.1) is 11.8 Å². The first kappa shape index (κ1) is 38.4. The van der Waals surface area contributed by atoms with Crippen molar-refractivity contribution in [1.82, 2.24) is 34.0 Å². The number of amides is 4. The van der Waals surface area contributed by atoms with Crippen LogP contribution in [0.2, 0.25) is 0 Å². The minimum absolute atomic E-state index is 0.0429. The van der Waals surface area contributed by atoms with Gasteiger partial charge in [0.2, 0.25) is 15.9 Å².